The zero-order chi connectivity index (χ0) is 20.0. The Morgan fingerprint density at radius 3 is 2.45 bits per heavy atom. The first-order valence-corrected chi connectivity index (χ1v) is 9.78. The van der Waals surface area contributed by atoms with Gasteiger partial charge in [0.15, 0.2) is 0 Å². The number of benzene rings is 2. The summed E-state index contributed by atoms with van der Waals surface area (Å²) in [7, 11) is 0. The third-order valence-corrected chi connectivity index (χ3v) is 6.16. The van der Waals surface area contributed by atoms with E-state index in [0.29, 0.717) is 11.2 Å². The molecule has 4 atom stereocenters. The molecule has 2 aromatic carbocycles. The number of nitrogens with one attached hydrogen (secondary N) is 1. The van der Waals surface area contributed by atoms with Crippen molar-refractivity contribution >= 4 is 28.5 Å². The van der Waals surface area contributed by atoms with E-state index in [9.17, 15) is 14.7 Å². The van der Waals surface area contributed by atoms with Gasteiger partial charge < -0.3 is 10.4 Å². The summed E-state index contributed by atoms with van der Waals surface area (Å²) in [5.41, 5.74) is 3.43. The number of para-hydroxylation sites is 1. The van der Waals surface area contributed by atoms with Crippen LogP contribution in [0.1, 0.15) is 6.42 Å². The number of anilines is 1. The number of hydrogen-bond donors (Lipinski definition) is 2. The molecule has 2 N–H and O–H groups in total. The molecule has 0 aliphatic heterocycles. The summed E-state index contributed by atoms with van der Waals surface area (Å²) in [6.45, 7) is 0. The Balaban J connectivity index is 1.51. The van der Waals surface area contributed by atoms with Gasteiger partial charge in [-0.3, -0.25) is 14.6 Å². The van der Waals surface area contributed by atoms with Crippen LogP contribution in [0.15, 0.2) is 72.9 Å². The highest BCUT2D eigenvalue weighted by molar-refractivity contribution is 6.06. The predicted octanol–water partition coefficient (Wildman–Crippen LogP) is 4.36. The van der Waals surface area contributed by atoms with Gasteiger partial charge in [0.2, 0.25) is 5.91 Å². The van der Waals surface area contributed by atoms with Crippen molar-refractivity contribution in [2.45, 2.75) is 6.42 Å². The summed E-state index contributed by atoms with van der Waals surface area (Å²) in [5.74, 6) is -2.41. The topological polar surface area (TPSA) is 79.3 Å². The molecule has 0 radical (unpaired) electrons. The Morgan fingerprint density at radius 1 is 0.931 bits per heavy atom. The lowest BCUT2D eigenvalue weighted by Crippen LogP contribution is -2.36. The first-order chi connectivity index (χ1) is 14.1. The maximum absolute atomic E-state index is 13.1. The van der Waals surface area contributed by atoms with E-state index in [-0.39, 0.29) is 17.7 Å². The van der Waals surface area contributed by atoms with Gasteiger partial charge >= 0.3 is 5.97 Å². The molecule has 1 heterocycles. The molecular formula is C24H20N2O3. The van der Waals surface area contributed by atoms with Crippen LogP contribution < -0.4 is 5.32 Å². The zero-order valence-corrected chi connectivity index (χ0v) is 15.7. The van der Waals surface area contributed by atoms with Crippen LogP contribution in [0, 0.1) is 23.7 Å². The second-order valence-corrected chi connectivity index (χ2v) is 7.75. The van der Waals surface area contributed by atoms with Gasteiger partial charge in [0, 0.05) is 11.6 Å². The molecule has 1 fully saturated rings. The van der Waals surface area contributed by atoms with E-state index >= 15 is 0 Å². The van der Waals surface area contributed by atoms with Crippen LogP contribution in [0.3, 0.4) is 0 Å². The number of hydrogen-bond acceptors (Lipinski definition) is 3. The van der Waals surface area contributed by atoms with E-state index in [0.717, 1.165) is 22.9 Å². The van der Waals surface area contributed by atoms with E-state index < -0.39 is 17.8 Å². The van der Waals surface area contributed by atoms with Gasteiger partial charge in [0.05, 0.1) is 23.0 Å². The predicted molar refractivity (Wildman–Crippen MR) is 111 cm³/mol. The number of pyridine rings is 1. The molecule has 1 saturated carbocycles. The smallest absolute Gasteiger partial charge is 0.307 e. The van der Waals surface area contributed by atoms with Crippen LogP contribution in [-0.2, 0) is 9.59 Å². The average molecular weight is 384 g/mol. The van der Waals surface area contributed by atoms with Gasteiger partial charge in [-0.25, -0.2) is 0 Å². The second-order valence-electron chi connectivity index (χ2n) is 7.75. The number of aliphatic carboxylic acids is 1. The molecule has 1 amide bonds. The highest BCUT2D eigenvalue weighted by atomic mass is 16.4. The van der Waals surface area contributed by atoms with Crippen LogP contribution in [0.4, 0.5) is 5.69 Å². The number of allylic oxidation sites excluding steroid dienone is 2. The summed E-state index contributed by atoms with van der Waals surface area (Å²) in [6.07, 6.45) is 6.41. The van der Waals surface area contributed by atoms with Gasteiger partial charge in [-0.1, -0.05) is 54.6 Å². The Morgan fingerprint density at radius 2 is 1.69 bits per heavy atom. The van der Waals surface area contributed by atoms with Crippen LogP contribution >= 0.6 is 0 Å². The molecule has 5 rings (SSSR count). The van der Waals surface area contributed by atoms with E-state index in [2.05, 4.69) is 10.3 Å². The number of carbonyl (C=O) groups is 2. The number of carbonyl (C=O) groups excluding carboxylic acids is 1. The summed E-state index contributed by atoms with van der Waals surface area (Å²) in [5, 5.41) is 13.5. The van der Waals surface area contributed by atoms with Crippen molar-refractivity contribution in [2.75, 3.05) is 5.32 Å². The molecule has 29 heavy (non-hydrogen) atoms. The number of nitrogens with zero attached hydrogens (tertiary/aromatic N) is 1. The fourth-order valence-electron chi connectivity index (χ4n) is 4.88. The highest BCUT2D eigenvalue weighted by Gasteiger charge is 2.51. The Hall–Kier alpha value is -3.47. The zero-order valence-electron chi connectivity index (χ0n) is 15.7. The summed E-state index contributed by atoms with van der Waals surface area (Å²) < 4.78 is 0. The van der Waals surface area contributed by atoms with Crippen molar-refractivity contribution in [3.05, 3.63) is 72.9 Å². The third kappa shape index (κ3) is 2.90. The molecule has 144 valence electrons. The average Bonchev–Trinajstić information content (AvgIpc) is 3.36. The number of rotatable bonds is 4. The second kappa shape index (κ2) is 6.85. The van der Waals surface area contributed by atoms with E-state index in [1.807, 2.05) is 66.7 Å². The molecule has 2 aliphatic carbocycles. The lowest BCUT2D eigenvalue weighted by atomic mass is 9.82. The van der Waals surface area contributed by atoms with Gasteiger partial charge in [-0.15, -0.1) is 0 Å². The van der Waals surface area contributed by atoms with Crippen molar-refractivity contribution in [3.63, 3.8) is 0 Å². The van der Waals surface area contributed by atoms with Crippen molar-refractivity contribution in [3.8, 4) is 11.1 Å². The first kappa shape index (κ1) is 17.6. The highest BCUT2D eigenvalue weighted by Crippen LogP contribution is 2.48. The van der Waals surface area contributed by atoms with Gasteiger partial charge in [-0.2, -0.15) is 0 Å². The van der Waals surface area contributed by atoms with Crippen molar-refractivity contribution in [1.29, 1.82) is 0 Å². The molecular weight excluding hydrogens is 364 g/mol. The quantitative estimate of drug-likeness (QED) is 0.655. The molecule has 0 saturated heterocycles. The normalized spacial score (nSPS) is 24.7. The van der Waals surface area contributed by atoms with Crippen LogP contribution in [0.2, 0.25) is 0 Å². The van der Waals surface area contributed by atoms with Gasteiger partial charge in [0.25, 0.3) is 0 Å². The summed E-state index contributed by atoms with van der Waals surface area (Å²) in [6, 6.07) is 17.7. The number of carboxylic acid groups (broad SMARTS) is 1. The van der Waals surface area contributed by atoms with Crippen molar-refractivity contribution < 1.29 is 14.7 Å². The largest absolute Gasteiger partial charge is 0.481 e. The number of amides is 1. The van der Waals surface area contributed by atoms with Gasteiger partial charge in [0.1, 0.15) is 0 Å². The third-order valence-electron chi connectivity index (χ3n) is 6.16. The monoisotopic (exact) mass is 384 g/mol. The van der Waals surface area contributed by atoms with Crippen LogP contribution in [0.25, 0.3) is 22.0 Å². The number of aromatic nitrogens is 1. The van der Waals surface area contributed by atoms with Crippen molar-refractivity contribution in [2.24, 2.45) is 23.7 Å². The molecule has 1 aromatic heterocycles. The van der Waals surface area contributed by atoms with Crippen LogP contribution in [-0.4, -0.2) is 22.0 Å². The minimum Gasteiger partial charge on any atom is -0.481 e. The lowest BCUT2D eigenvalue weighted by molar-refractivity contribution is -0.146. The molecule has 5 heteroatoms. The van der Waals surface area contributed by atoms with Crippen LogP contribution in [0.5, 0.6) is 0 Å². The Kier molecular flexibility index (Phi) is 4.16. The summed E-state index contributed by atoms with van der Waals surface area (Å²) >= 11 is 0. The lowest BCUT2D eigenvalue weighted by Gasteiger charge is -2.24. The maximum atomic E-state index is 13.1. The molecule has 0 unspecified atom stereocenters. The molecule has 3 aromatic rings. The van der Waals surface area contributed by atoms with Gasteiger partial charge in [-0.05, 0) is 41.5 Å². The summed E-state index contributed by atoms with van der Waals surface area (Å²) in [4.78, 5) is 29.3. The standard InChI is InChI=1S/C24H20N2O3/c27-23(20-15-9-10-16(13-15)21(20)24(28)29)26-19-8-4-7-18-17(11-12-25-22(18)19)14-5-2-1-3-6-14/h1-12,15-16,20-21H,13H2,(H,26,27)(H,28,29)/t15-,16+,20+,21-/m1/s1. The Bertz CT molecular complexity index is 1140. The minimum absolute atomic E-state index is 0.0103. The maximum Gasteiger partial charge on any atom is 0.307 e. The van der Waals surface area contributed by atoms with E-state index in [4.69, 9.17) is 0 Å². The van der Waals surface area contributed by atoms with E-state index in [1.54, 1.807) is 6.20 Å². The fourth-order valence-corrected chi connectivity index (χ4v) is 4.88. The molecule has 2 aliphatic rings. The van der Waals surface area contributed by atoms with Crippen molar-refractivity contribution in [1.82, 2.24) is 4.98 Å². The number of fused-ring (bicyclic) bond motifs is 3. The SMILES string of the molecule is O=C(Nc1cccc2c(-c3ccccc3)ccnc12)[C@@H]1[C@H](C(=O)O)[C@H]2C=C[C@@H]1C2. The molecule has 2 bridgehead atoms. The molecule has 0 spiro atoms. The Labute approximate surface area is 168 Å². The number of carboxylic acids is 1. The fraction of sp³-hybridized carbons (Fsp3) is 0.208. The minimum atomic E-state index is -0.899. The molecule has 5 nitrogen and oxygen atoms in total. The van der Waals surface area contributed by atoms with E-state index in [1.165, 1.54) is 0 Å². The first-order valence-electron chi connectivity index (χ1n) is 9.78.